The van der Waals surface area contributed by atoms with E-state index in [2.05, 4.69) is 42.3 Å². The van der Waals surface area contributed by atoms with Crippen molar-refractivity contribution >= 4 is 6.08 Å². The van der Waals surface area contributed by atoms with Crippen molar-refractivity contribution in [3.8, 4) is 17.6 Å². The molecule has 1 heterocycles. The summed E-state index contributed by atoms with van der Waals surface area (Å²) in [6.45, 7) is 2.91. The van der Waals surface area contributed by atoms with Crippen molar-refractivity contribution < 1.29 is 9.47 Å². The third-order valence-electron chi connectivity index (χ3n) is 3.83. The molecular weight excluding hydrogens is 300 g/mol. The van der Waals surface area contributed by atoms with E-state index in [0.29, 0.717) is 18.8 Å². The van der Waals surface area contributed by atoms with Gasteiger partial charge in [0, 0.05) is 13.1 Å². The monoisotopic (exact) mass is 320 g/mol. The maximum Gasteiger partial charge on any atom is 0.161 e. The van der Waals surface area contributed by atoms with Crippen LogP contribution in [0.1, 0.15) is 16.7 Å². The van der Waals surface area contributed by atoms with Gasteiger partial charge in [-0.25, -0.2) is 0 Å². The van der Waals surface area contributed by atoms with E-state index in [1.165, 1.54) is 5.56 Å². The standard InChI is InChI=1S/C20H20N2O2/c1-22(10-2-3-16-4-6-17(14-21)7-5-16)15-18-8-9-19-20(13-18)24-12-11-23-19/h2-9,13H,10-12,15H2,1H3. The first-order valence-corrected chi connectivity index (χ1v) is 7.98. The van der Waals surface area contributed by atoms with E-state index >= 15 is 0 Å². The molecule has 0 saturated carbocycles. The Balaban J connectivity index is 1.54. The first kappa shape index (κ1) is 16.1. The fourth-order valence-electron chi connectivity index (χ4n) is 2.60. The van der Waals surface area contributed by atoms with Crippen LogP contribution in [0.25, 0.3) is 6.08 Å². The summed E-state index contributed by atoms with van der Waals surface area (Å²) in [5.41, 5.74) is 2.98. The molecule has 0 fully saturated rings. The van der Waals surface area contributed by atoms with Crippen molar-refractivity contribution in [3.63, 3.8) is 0 Å². The summed E-state index contributed by atoms with van der Waals surface area (Å²) < 4.78 is 11.2. The third-order valence-corrected chi connectivity index (χ3v) is 3.83. The van der Waals surface area contributed by atoms with Crippen LogP contribution in [0.2, 0.25) is 0 Å². The van der Waals surface area contributed by atoms with Crippen molar-refractivity contribution in [2.45, 2.75) is 6.54 Å². The first-order chi connectivity index (χ1) is 11.7. The molecule has 1 aliphatic heterocycles. The topological polar surface area (TPSA) is 45.5 Å². The number of benzene rings is 2. The van der Waals surface area contributed by atoms with Gasteiger partial charge in [-0.1, -0.05) is 30.4 Å². The number of ether oxygens (including phenoxy) is 2. The molecule has 0 spiro atoms. The van der Waals surface area contributed by atoms with Crippen LogP contribution in [0.15, 0.2) is 48.5 Å². The lowest BCUT2D eigenvalue weighted by atomic mass is 10.1. The summed E-state index contributed by atoms with van der Waals surface area (Å²) >= 11 is 0. The Bertz CT molecular complexity index is 760. The molecule has 1 aliphatic rings. The number of nitriles is 1. The zero-order chi connectivity index (χ0) is 16.8. The molecule has 24 heavy (non-hydrogen) atoms. The molecule has 0 saturated heterocycles. The predicted molar refractivity (Wildman–Crippen MR) is 94.0 cm³/mol. The Kier molecular flexibility index (Phi) is 5.15. The highest BCUT2D eigenvalue weighted by Gasteiger charge is 2.12. The third kappa shape index (κ3) is 4.15. The highest BCUT2D eigenvalue weighted by molar-refractivity contribution is 5.51. The summed E-state index contributed by atoms with van der Waals surface area (Å²) in [5, 5.41) is 8.80. The van der Waals surface area contributed by atoms with Gasteiger partial charge in [-0.2, -0.15) is 5.26 Å². The molecule has 0 unspecified atom stereocenters. The number of nitrogens with zero attached hydrogens (tertiary/aromatic N) is 2. The Labute approximate surface area is 142 Å². The largest absolute Gasteiger partial charge is 0.486 e. The summed E-state index contributed by atoms with van der Waals surface area (Å²) in [6.07, 6.45) is 4.20. The second-order valence-corrected chi connectivity index (χ2v) is 5.81. The molecule has 2 aromatic rings. The minimum atomic E-state index is 0.611. The van der Waals surface area contributed by atoms with Gasteiger partial charge in [0.2, 0.25) is 0 Å². The van der Waals surface area contributed by atoms with Gasteiger partial charge >= 0.3 is 0 Å². The Hall–Kier alpha value is -2.77. The zero-order valence-electron chi connectivity index (χ0n) is 13.7. The molecule has 3 rings (SSSR count). The van der Waals surface area contributed by atoms with E-state index in [-0.39, 0.29) is 0 Å². The van der Waals surface area contributed by atoms with Crippen LogP contribution in [-0.4, -0.2) is 31.7 Å². The average Bonchev–Trinajstić information content (AvgIpc) is 2.62. The Morgan fingerprint density at radius 2 is 1.83 bits per heavy atom. The average molecular weight is 320 g/mol. The van der Waals surface area contributed by atoms with Crippen LogP contribution in [0, 0.1) is 11.3 Å². The van der Waals surface area contributed by atoms with Crippen molar-refractivity contribution in [2.24, 2.45) is 0 Å². The van der Waals surface area contributed by atoms with Crippen LogP contribution in [0.3, 0.4) is 0 Å². The van der Waals surface area contributed by atoms with Gasteiger partial charge in [-0.05, 0) is 42.4 Å². The number of hydrogen-bond donors (Lipinski definition) is 0. The lowest BCUT2D eigenvalue weighted by Crippen LogP contribution is -2.19. The predicted octanol–water partition coefficient (Wildman–Crippen LogP) is 3.47. The van der Waals surface area contributed by atoms with Gasteiger partial charge in [0.15, 0.2) is 11.5 Å². The molecule has 122 valence electrons. The van der Waals surface area contributed by atoms with E-state index < -0.39 is 0 Å². The lowest BCUT2D eigenvalue weighted by Gasteiger charge is -2.20. The van der Waals surface area contributed by atoms with Crippen molar-refractivity contribution in [2.75, 3.05) is 26.8 Å². The fraction of sp³-hybridized carbons (Fsp3) is 0.250. The second-order valence-electron chi connectivity index (χ2n) is 5.81. The molecule has 2 aromatic carbocycles. The van der Waals surface area contributed by atoms with Gasteiger partial charge in [-0.15, -0.1) is 0 Å². The van der Waals surface area contributed by atoms with Gasteiger partial charge in [0.05, 0.1) is 11.6 Å². The maximum atomic E-state index is 8.80. The minimum absolute atomic E-state index is 0.611. The Morgan fingerprint density at radius 1 is 1.08 bits per heavy atom. The van der Waals surface area contributed by atoms with Crippen molar-refractivity contribution in [1.82, 2.24) is 4.90 Å². The van der Waals surface area contributed by atoms with Crippen LogP contribution >= 0.6 is 0 Å². The molecular formula is C20H20N2O2. The Morgan fingerprint density at radius 3 is 2.58 bits per heavy atom. The molecule has 0 atom stereocenters. The van der Waals surface area contributed by atoms with E-state index in [9.17, 15) is 0 Å². The number of hydrogen-bond acceptors (Lipinski definition) is 4. The summed E-state index contributed by atoms with van der Waals surface area (Å²) in [5.74, 6) is 1.66. The molecule has 0 bridgehead atoms. The van der Waals surface area contributed by atoms with Gasteiger partial charge < -0.3 is 9.47 Å². The fourth-order valence-corrected chi connectivity index (χ4v) is 2.60. The van der Waals surface area contributed by atoms with Gasteiger partial charge in [-0.3, -0.25) is 4.90 Å². The second kappa shape index (κ2) is 7.67. The molecule has 0 aliphatic carbocycles. The van der Waals surface area contributed by atoms with Crippen molar-refractivity contribution in [1.29, 1.82) is 5.26 Å². The van der Waals surface area contributed by atoms with Crippen LogP contribution in [0.5, 0.6) is 11.5 Å². The number of likely N-dealkylation sites (N-methyl/N-ethyl adjacent to an activating group) is 1. The first-order valence-electron chi connectivity index (χ1n) is 7.98. The van der Waals surface area contributed by atoms with Gasteiger partial charge in [0.1, 0.15) is 13.2 Å². The lowest BCUT2D eigenvalue weighted by molar-refractivity contribution is 0.171. The molecule has 0 N–H and O–H groups in total. The van der Waals surface area contributed by atoms with Gasteiger partial charge in [0.25, 0.3) is 0 Å². The van der Waals surface area contributed by atoms with E-state index in [1.54, 1.807) is 0 Å². The zero-order valence-corrected chi connectivity index (χ0v) is 13.7. The SMILES string of the molecule is CN(CC=Cc1ccc(C#N)cc1)Cc1ccc2c(c1)OCCO2. The van der Waals surface area contributed by atoms with Crippen LogP contribution in [0.4, 0.5) is 0 Å². The van der Waals surface area contributed by atoms with E-state index in [0.717, 1.165) is 30.2 Å². The van der Waals surface area contributed by atoms with Crippen molar-refractivity contribution in [3.05, 3.63) is 65.2 Å². The molecule has 0 aromatic heterocycles. The summed E-state index contributed by atoms with van der Waals surface area (Å²) in [6, 6.07) is 15.8. The minimum Gasteiger partial charge on any atom is -0.486 e. The number of rotatable bonds is 5. The quantitative estimate of drug-likeness (QED) is 0.846. The summed E-state index contributed by atoms with van der Waals surface area (Å²) in [7, 11) is 2.08. The van der Waals surface area contributed by atoms with E-state index in [1.807, 2.05) is 30.3 Å². The smallest absolute Gasteiger partial charge is 0.161 e. The highest BCUT2D eigenvalue weighted by atomic mass is 16.6. The molecule has 0 amide bonds. The highest BCUT2D eigenvalue weighted by Crippen LogP contribution is 2.30. The molecule has 4 nitrogen and oxygen atoms in total. The van der Waals surface area contributed by atoms with Crippen LogP contribution in [-0.2, 0) is 6.54 Å². The normalized spacial score (nSPS) is 13.2. The molecule has 0 radical (unpaired) electrons. The molecule has 4 heteroatoms. The maximum absolute atomic E-state index is 8.80. The van der Waals surface area contributed by atoms with E-state index in [4.69, 9.17) is 14.7 Å². The number of fused-ring (bicyclic) bond motifs is 1. The summed E-state index contributed by atoms with van der Waals surface area (Å²) in [4.78, 5) is 2.23. The van der Waals surface area contributed by atoms with Crippen LogP contribution < -0.4 is 9.47 Å².